The van der Waals surface area contributed by atoms with Crippen molar-refractivity contribution in [2.45, 2.75) is 0 Å². The Bertz CT molecular complexity index is 1020. The van der Waals surface area contributed by atoms with Gasteiger partial charge in [0.05, 0.1) is 18.2 Å². The molecule has 1 N–H and O–H groups in total. The number of ether oxygens (including phenoxy) is 2. The van der Waals surface area contributed by atoms with Gasteiger partial charge in [0, 0.05) is 17.7 Å². The number of hydrogen-bond acceptors (Lipinski definition) is 7. The molecule has 0 bridgehead atoms. The van der Waals surface area contributed by atoms with Crippen LogP contribution in [0.5, 0.6) is 17.4 Å². The van der Waals surface area contributed by atoms with Crippen LogP contribution in [0.4, 0.5) is 5.69 Å². The molecule has 0 saturated carbocycles. The lowest BCUT2D eigenvalue weighted by atomic mass is 10.2. The molecule has 0 fully saturated rings. The van der Waals surface area contributed by atoms with Crippen LogP contribution in [0, 0.1) is 10.1 Å². The fourth-order valence-corrected chi connectivity index (χ4v) is 2.26. The van der Waals surface area contributed by atoms with Gasteiger partial charge in [0.15, 0.2) is 0 Å². The lowest BCUT2D eigenvalue weighted by Gasteiger charge is -2.04. The van der Waals surface area contributed by atoms with Crippen LogP contribution in [0.3, 0.4) is 0 Å². The Hall–Kier alpha value is -4.27. The van der Waals surface area contributed by atoms with Crippen LogP contribution >= 0.6 is 0 Å². The van der Waals surface area contributed by atoms with Gasteiger partial charge >= 0.3 is 0 Å². The third kappa shape index (κ3) is 5.36. The smallest absolute Gasteiger partial charge is 0.287 e. The highest BCUT2D eigenvalue weighted by molar-refractivity contribution is 5.95. The second kappa shape index (κ2) is 9.09. The van der Waals surface area contributed by atoms with E-state index in [1.54, 1.807) is 55.6 Å². The Morgan fingerprint density at radius 1 is 1.07 bits per heavy atom. The second-order valence-electron chi connectivity index (χ2n) is 5.71. The standard InChI is InChI=1S/C20H16N4O5/c1-28-17-9-4-15(5-10-17)20(25)23-22-12-14-2-7-18(8-3-14)29-19-11-6-16(13-21-19)24(26)27/h2-13H,1H3,(H,23,25)/b22-12+. The van der Waals surface area contributed by atoms with Gasteiger partial charge in [-0.25, -0.2) is 10.4 Å². The highest BCUT2D eigenvalue weighted by atomic mass is 16.6. The highest BCUT2D eigenvalue weighted by Gasteiger charge is 2.07. The first-order valence-electron chi connectivity index (χ1n) is 8.41. The molecule has 0 aliphatic carbocycles. The monoisotopic (exact) mass is 392 g/mol. The van der Waals surface area contributed by atoms with Crippen LogP contribution < -0.4 is 14.9 Å². The number of nitro groups is 1. The molecule has 3 aromatic rings. The summed E-state index contributed by atoms with van der Waals surface area (Å²) in [6.45, 7) is 0. The first kappa shape index (κ1) is 19.5. The molecule has 29 heavy (non-hydrogen) atoms. The summed E-state index contributed by atoms with van der Waals surface area (Å²) < 4.78 is 10.6. The Kier molecular flexibility index (Phi) is 6.11. The molecule has 0 saturated heterocycles. The van der Waals surface area contributed by atoms with E-state index >= 15 is 0 Å². The molecule has 1 heterocycles. The Labute approximate surface area is 165 Å². The summed E-state index contributed by atoms with van der Waals surface area (Å²) in [6, 6.07) is 16.3. The third-order valence-electron chi connectivity index (χ3n) is 3.77. The van der Waals surface area contributed by atoms with E-state index in [-0.39, 0.29) is 17.5 Å². The minimum Gasteiger partial charge on any atom is -0.497 e. The fraction of sp³-hybridized carbons (Fsp3) is 0.0500. The molecule has 146 valence electrons. The summed E-state index contributed by atoms with van der Waals surface area (Å²) in [7, 11) is 1.55. The number of hydrogen-bond donors (Lipinski definition) is 1. The number of pyridine rings is 1. The highest BCUT2D eigenvalue weighted by Crippen LogP contribution is 2.21. The molecule has 0 spiro atoms. The van der Waals surface area contributed by atoms with Crippen molar-refractivity contribution in [1.82, 2.24) is 10.4 Å². The van der Waals surface area contributed by atoms with E-state index in [0.29, 0.717) is 17.1 Å². The molecular formula is C20H16N4O5. The number of methoxy groups -OCH3 is 1. The van der Waals surface area contributed by atoms with E-state index in [1.807, 2.05) is 0 Å². The number of amides is 1. The number of carbonyl (C=O) groups excluding carboxylic acids is 1. The van der Waals surface area contributed by atoms with Gasteiger partial charge in [0.1, 0.15) is 17.7 Å². The summed E-state index contributed by atoms with van der Waals surface area (Å²) >= 11 is 0. The van der Waals surface area contributed by atoms with Crippen molar-refractivity contribution in [3.63, 3.8) is 0 Å². The van der Waals surface area contributed by atoms with E-state index in [9.17, 15) is 14.9 Å². The second-order valence-corrected chi connectivity index (χ2v) is 5.71. The van der Waals surface area contributed by atoms with Crippen LogP contribution in [-0.2, 0) is 0 Å². The molecule has 9 nitrogen and oxygen atoms in total. The molecule has 0 unspecified atom stereocenters. The van der Waals surface area contributed by atoms with Crippen LogP contribution in [0.2, 0.25) is 0 Å². The topological polar surface area (TPSA) is 116 Å². The molecule has 0 atom stereocenters. The van der Waals surface area contributed by atoms with Gasteiger partial charge in [0.2, 0.25) is 5.88 Å². The fourth-order valence-electron chi connectivity index (χ4n) is 2.26. The predicted octanol–water partition coefficient (Wildman–Crippen LogP) is 3.55. The van der Waals surface area contributed by atoms with Gasteiger partial charge < -0.3 is 9.47 Å². The van der Waals surface area contributed by atoms with Crippen molar-refractivity contribution >= 4 is 17.8 Å². The first-order chi connectivity index (χ1) is 14.0. The van der Waals surface area contributed by atoms with Gasteiger partial charge in [-0.2, -0.15) is 5.10 Å². The Morgan fingerprint density at radius 3 is 2.34 bits per heavy atom. The largest absolute Gasteiger partial charge is 0.497 e. The van der Waals surface area contributed by atoms with Crippen molar-refractivity contribution in [2.75, 3.05) is 7.11 Å². The lowest BCUT2D eigenvalue weighted by molar-refractivity contribution is -0.385. The minimum atomic E-state index is -0.529. The minimum absolute atomic E-state index is 0.111. The number of hydrazone groups is 1. The zero-order valence-corrected chi connectivity index (χ0v) is 15.3. The SMILES string of the molecule is COc1ccc(C(=O)N/N=C/c2ccc(Oc3ccc([N+](=O)[O-])cn3)cc2)cc1. The van der Waals surface area contributed by atoms with E-state index in [1.165, 1.54) is 18.3 Å². The predicted molar refractivity (Wildman–Crippen MR) is 105 cm³/mol. The maximum absolute atomic E-state index is 12.0. The Morgan fingerprint density at radius 2 is 1.76 bits per heavy atom. The molecular weight excluding hydrogens is 376 g/mol. The molecule has 0 radical (unpaired) electrons. The molecule has 2 aromatic carbocycles. The average Bonchev–Trinajstić information content (AvgIpc) is 2.75. The van der Waals surface area contributed by atoms with Crippen molar-refractivity contribution in [1.29, 1.82) is 0 Å². The molecule has 1 amide bonds. The van der Waals surface area contributed by atoms with Crippen LogP contribution in [0.15, 0.2) is 72.0 Å². The van der Waals surface area contributed by atoms with E-state index in [2.05, 4.69) is 15.5 Å². The number of nitrogens with one attached hydrogen (secondary N) is 1. The lowest BCUT2D eigenvalue weighted by Crippen LogP contribution is -2.17. The number of rotatable bonds is 7. The van der Waals surface area contributed by atoms with Gasteiger partial charge in [-0.15, -0.1) is 0 Å². The maximum Gasteiger partial charge on any atom is 0.287 e. The zero-order valence-electron chi connectivity index (χ0n) is 15.3. The van der Waals surface area contributed by atoms with Gasteiger partial charge in [-0.1, -0.05) is 0 Å². The van der Waals surface area contributed by atoms with Crippen LogP contribution in [0.25, 0.3) is 0 Å². The number of benzene rings is 2. The molecule has 0 aliphatic heterocycles. The van der Waals surface area contributed by atoms with Crippen LogP contribution in [-0.4, -0.2) is 29.1 Å². The summed E-state index contributed by atoms with van der Waals surface area (Å²) in [4.78, 5) is 26.0. The van der Waals surface area contributed by atoms with Crippen molar-refractivity contribution in [2.24, 2.45) is 5.10 Å². The van der Waals surface area contributed by atoms with Crippen molar-refractivity contribution in [3.8, 4) is 17.4 Å². The Balaban J connectivity index is 1.55. The van der Waals surface area contributed by atoms with E-state index in [0.717, 1.165) is 11.8 Å². The first-order valence-corrected chi connectivity index (χ1v) is 8.41. The summed E-state index contributed by atoms with van der Waals surface area (Å²) in [5.74, 6) is 1.07. The number of carbonyl (C=O) groups is 1. The molecule has 3 rings (SSSR count). The summed E-state index contributed by atoms with van der Waals surface area (Å²) in [5.41, 5.74) is 3.54. The van der Waals surface area contributed by atoms with Crippen molar-refractivity contribution < 1.29 is 19.2 Å². The van der Waals surface area contributed by atoms with Crippen LogP contribution in [0.1, 0.15) is 15.9 Å². The zero-order chi connectivity index (χ0) is 20.6. The summed E-state index contributed by atoms with van der Waals surface area (Å²) in [6.07, 6.45) is 2.62. The van der Waals surface area contributed by atoms with Gasteiger partial charge in [-0.3, -0.25) is 14.9 Å². The average molecular weight is 392 g/mol. The van der Waals surface area contributed by atoms with E-state index < -0.39 is 4.92 Å². The van der Waals surface area contributed by atoms with E-state index in [4.69, 9.17) is 9.47 Å². The summed E-state index contributed by atoms with van der Waals surface area (Å²) in [5, 5.41) is 14.6. The van der Waals surface area contributed by atoms with Gasteiger partial charge in [0.25, 0.3) is 11.6 Å². The number of aromatic nitrogens is 1. The molecule has 1 aromatic heterocycles. The molecule has 9 heteroatoms. The van der Waals surface area contributed by atoms with Gasteiger partial charge in [-0.05, 0) is 54.1 Å². The molecule has 0 aliphatic rings. The normalized spacial score (nSPS) is 10.5. The maximum atomic E-state index is 12.0. The third-order valence-corrected chi connectivity index (χ3v) is 3.77. The van der Waals surface area contributed by atoms with Crippen molar-refractivity contribution in [3.05, 3.63) is 88.1 Å². The number of nitrogens with zero attached hydrogens (tertiary/aromatic N) is 3. The quantitative estimate of drug-likeness (QED) is 0.373.